The molecule has 3 heteroatoms. The van der Waals surface area contributed by atoms with Gasteiger partial charge in [0, 0.05) is 25.8 Å². The maximum absolute atomic E-state index is 9.72. The molecule has 0 amide bonds. The molecule has 0 aliphatic rings. The van der Waals surface area contributed by atoms with Gasteiger partial charge >= 0.3 is 0 Å². The first-order valence-corrected chi connectivity index (χ1v) is 5.65. The normalized spacial score (nSPS) is 12.6. The van der Waals surface area contributed by atoms with E-state index in [0.29, 0.717) is 13.1 Å². The number of aliphatic hydroxyl groups is 1. The number of anilines is 1. The summed E-state index contributed by atoms with van der Waals surface area (Å²) in [6.07, 6.45) is -0.337. The van der Waals surface area contributed by atoms with E-state index < -0.39 is 0 Å². The average Bonchev–Trinajstić information content (AvgIpc) is 2.17. The van der Waals surface area contributed by atoms with Crippen LogP contribution in [0.15, 0.2) is 18.2 Å². The van der Waals surface area contributed by atoms with Gasteiger partial charge in [-0.25, -0.2) is 0 Å². The van der Waals surface area contributed by atoms with Crippen molar-refractivity contribution in [3.05, 3.63) is 29.3 Å². The number of likely N-dealkylation sites (N-methyl/N-ethyl adjacent to an activating group) is 2. The second-order valence-corrected chi connectivity index (χ2v) is 4.38. The summed E-state index contributed by atoms with van der Waals surface area (Å²) in [5.41, 5.74) is 3.70. The molecule has 0 bridgehead atoms. The highest BCUT2D eigenvalue weighted by Crippen LogP contribution is 2.19. The van der Waals surface area contributed by atoms with Crippen LogP contribution in [0.4, 0.5) is 5.69 Å². The first kappa shape index (κ1) is 13.0. The van der Waals surface area contributed by atoms with Crippen LogP contribution in [0.3, 0.4) is 0 Å². The smallest absolute Gasteiger partial charge is 0.0838 e. The van der Waals surface area contributed by atoms with Gasteiger partial charge in [0.2, 0.25) is 0 Å². The molecule has 0 radical (unpaired) electrons. The number of aryl methyl sites for hydroxylation is 2. The van der Waals surface area contributed by atoms with Crippen molar-refractivity contribution >= 4 is 5.69 Å². The molecule has 1 aromatic rings. The van der Waals surface area contributed by atoms with Gasteiger partial charge in [-0.15, -0.1) is 0 Å². The van der Waals surface area contributed by atoms with Crippen LogP contribution in [0.5, 0.6) is 0 Å². The van der Waals surface area contributed by atoms with E-state index in [1.165, 1.54) is 16.8 Å². The summed E-state index contributed by atoms with van der Waals surface area (Å²) in [5.74, 6) is 0. The van der Waals surface area contributed by atoms with Crippen LogP contribution in [0.1, 0.15) is 11.1 Å². The molecular formula is C13H22N2O. The Morgan fingerprint density at radius 2 is 2.06 bits per heavy atom. The van der Waals surface area contributed by atoms with Crippen LogP contribution < -0.4 is 10.2 Å². The fourth-order valence-electron chi connectivity index (χ4n) is 1.95. The Bertz CT molecular complexity index is 339. The molecule has 1 rings (SSSR count). The van der Waals surface area contributed by atoms with Gasteiger partial charge in [-0.3, -0.25) is 0 Å². The Morgan fingerprint density at radius 3 is 2.62 bits per heavy atom. The summed E-state index contributed by atoms with van der Waals surface area (Å²) in [4.78, 5) is 2.09. The van der Waals surface area contributed by atoms with Gasteiger partial charge in [0.1, 0.15) is 0 Å². The summed E-state index contributed by atoms with van der Waals surface area (Å²) in [7, 11) is 3.86. The molecule has 0 aliphatic heterocycles. The third kappa shape index (κ3) is 3.51. The van der Waals surface area contributed by atoms with Crippen LogP contribution in [0.25, 0.3) is 0 Å². The van der Waals surface area contributed by atoms with E-state index >= 15 is 0 Å². The lowest BCUT2D eigenvalue weighted by Gasteiger charge is -2.24. The summed E-state index contributed by atoms with van der Waals surface area (Å²) in [6.45, 7) is 5.45. The van der Waals surface area contributed by atoms with Crippen LogP contribution >= 0.6 is 0 Å². The highest BCUT2D eigenvalue weighted by Gasteiger charge is 2.09. The molecule has 2 N–H and O–H groups in total. The molecule has 0 aromatic heterocycles. The van der Waals surface area contributed by atoms with E-state index in [0.717, 1.165) is 0 Å². The van der Waals surface area contributed by atoms with Crippen LogP contribution in [-0.2, 0) is 0 Å². The number of hydrogen-bond acceptors (Lipinski definition) is 3. The number of nitrogens with zero attached hydrogens (tertiary/aromatic N) is 1. The predicted molar refractivity (Wildman–Crippen MR) is 69.1 cm³/mol. The number of rotatable bonds is 5. The molecule has 16 heavy (non-hydrogen) atoms. The average molecular weight is 222 g/mol. The quantitative estimate of drug-likeness (QED) is 0.788. The third-order valence-electron chi connectivity index (χ3n) is 2.69. The highest BCUT2D eigenvalue weighted by atomic mass is 16.3. The largest absolute Gasteiger partial charge is 0.390 e. The van der Waals surface area contributed by atoms with Crippen molar-refractivity contribution in [2.24, 2.45) is 0 Å². The first-order valence-electron chi connectivity index (χ1n) is 5.65. The van der Waals surface area contributed by atoms with Crippen molar-refractivity contribution < 1.29 is 5.11 Å². The molecule has 1 aromatic carbocycles. The fraction of sp³-hybridized carbons (Fsp3) is 0.538. The van der Waals surface area contributed by atoms with Gasteiger partial charge in [0.05, 0.1) is 6.10 Å². The van der Waals surface area contributed by atoms with Crippen molar-refractivity contribution in [3.63, 3.8) is 0 Å². The zero-order chi connectivity index (χ0) is 12.1. The molecule has 1 unspecified atom stereocenters. The van der Waals surface area contributed by atoms with E-state index in [1.807, 2.05) is 14.1 Å². The van der Waals surface area contributed by atoms with Crippen molar-refractivity contribution in [1.29, 1.82) is 0 Å². The maximum Gasteiger partial charge on any atom is 0.0838 e. The van der Waals surface area contributed by atoms with Crippen molar-refractivity contribution in [3.8, 4) is 0 Å². The lowest BCUT2D eigenvalue weighted by atomic mass is 10.1. The zero-order valence-corrected chi connectivity index (χ0v) is 10.6. The van der Waals surface area contributed by atoms with Gasteiger partial charge in [-0.1, -0.05) is 17.7 Å². The zero-order valence-electron chi connectivity index (χ0n) is 10.6. The number of aliphatic hydroxyl groups excluding tert-OH is 1. The molecule has 0 heterocycles. The van der Waals surface area contributed by atoms with E-state index in [-0.39, 0.29) is 6.10 Å². The number of nitrogens with one attached hydrogen (secondary N) is 1. The summed E-state index contributed by atoms with van der Waals surface area (Å²) in [5, 5.41) is 12.7. The van der Waals surface area contributed by atoms with E-state index in [1.54, 1.807) is 0 Å². The Labute approximate surface area is 98.1 Å². The highest BCUT2D eigenvalue weighted by molar-refractivity contribution is 5.53. The molecular weight excluding hydrogens is 200 g/mol. The standard InChI is InChI=1S/C13H22N2O/c1-10-5-6-13(11(2)7-10)15(4)9-12(16)8-14-3/h5-7,12,14,16H,8-9H2,1-4H3. The van der Waals surface area contributed by atoms with Gasteiger partial charge in [-0.05, 0) is 32.5 Å². The summed E-state index contributed by atoms with van der Waals surface area (Å²) >= 11 is 0. The molecule has 0 aliphatic carbocycles. The fourth-order valence-corrected chi connectivity index (χ4v) is 1.95. The van der Waals surface area contributed by atoms with Crippen LogP contribution in [0, 0.1) is 13.8 Å². The third-order valence-corrected chi connectivity index (χ3v) is 2.69. The van der Waals surface area contributed by atoms with Crippen LogP contribution in [0.2, 0.25) is 0 Å². The minimum Gasteiger partial charge on any atom is -0.390 e. The number of benzene rings is 1. The van der Waals surface area contributed by atoms with Gasteiger partial charge in [0.25, 0.3) is 0 Å². The van der Waals surface area contributed by atoms with E-state index in [4.69, 9.17) is 0 Å². The molecule has 3 nitrogen and oxygen atoms in total. The summed E-state index contributed by atoms with van der Waals surface area (Å²) < 4.78 is 0. The van der Waals surface area contributed by atoms with Crippen molar-refractivity contribution in [1.82, 2.24) is 5.32 Å². The van der Waals surface area contributed by atoms with Crippen molar-refractivity contribution in [2.45, 2.75) is 20.0 Å². The van der Waals surface area contributed by atoms with Crippen molar-refractivity contribution in [2.75, 3.05) is 32.1 Å². The lowest BCUT2D eigenvalue weighted by molar-refractivity contribution is 0.181. The Morgan fingerprint density at radius 1 is 1.38 bits per heavy atom. The Hall–Kier alpha value is -1.06. The molecule has 0 saturated heterocycles. The topological polar surface area (TPSA) is 35.5 Å². The maximum atomic E-state index is 9.72. The summed E-state index contributed by atoms with van der Waals surface area (Å²) in [6, 6.07) is 6.37. The van der Waals surface area contributed by atoms with E-state index in [9.17, 15) is 5.11 Å². The lowest BCUT2D eigenvalue weighted by Crippen LogP contribution is -2.35. The minimum atomic E-state index is -0.337. The second kappa shape index (κ2) is 5.87. The SMILES string of the molecule is CNCC(O)CN(C)c1ccc(C)cc1C. The second-order valence-electron chi connectivity index (χ2n) is 4.38. The first-order chi connectivity index (χ1) is 7.54. The molecule has 0 saturated carbocycles. The Kier molecular flexibility index (Phi) is 4.77. The molecule has 0 fully saturated rings. The van der Waals surface area contributed by atoms with Gasteiger partial charge in [0.15, 0.2) is 0 Å². The Balaban J connectivity index is 2.69. The number of hydrogen-bond donors (Lipinski definition) is 2. The predicted octanol–water partition coefficient (Wildman–Crippen LogP) is 1.32. The molecule has 90 valence electrons. The minimum absolute atomic E-state index is 0.337. The van der Waals surface area contributed by atoms with Crippen LogP contribution in [-0.4, -0.2) is 38.4 Å². The van der Waals surface area contributed by atoms with Gasteiger partial charge < -0.3 is 15.3 Å². The molecule has 1 atom stereocenters. The van der Waals surface area contributed by atoms with Gasteiger partial charge in [-0.2, -0.15) is 0 Å². The molecule has 0 spiro atoms. The monoisotopic (exact) mass is 222 g/mol. The van der Waals surface area contributed by atoms with E-state index in [2.05, 4.69) is 42.3 Å².